The van der Waals surface area contributed by atoms with Gasteiger partial charge in [-0.15, -0.1) is 0 Å². The summed E-state index contributed by atoms with van der Waals surface area (Å²) < 4.78 is 22.6. The fourth-order valence-electron chi connectivity index (χ4n) is 4.79. The summed E-state index contributed by atoms with van der Waals surface area (Å²) in [4.78, 5) is 57.9. The molecule has 0 heterocycles. The van der Waals surface area contributed by atoms with E-state index in [1.165, 1.54) is 0 Å². The van der Waals surface area contributed by atoms with Crippen LogP contribution in [-0.2, 0) is 32.0 Å². The molecule has 2 aromatic carbocycles. The van der Waals surface area contributed by atoms with Gasteiger partial charge in [0.15, 0.2) is 23.0 Å². The monoisotopic (exact) mass is 698 g/mol. The van der Waals surface area contributed by atoms with Crippen molar-refractivity contribution in [1.82, 2.24) is 19.6 Å². The Morgan fingerprint density at radius 2 is 0.720 bits per heavy atom. The minimum absolute atomic E-state index is 0.190. The van der Waals surface area contributed by atoms with Crippen molar-refractivity contribution in [3.63, 3.8) is 0 Å². The highest BCUT2D eigenvalue weighted by atomic mass is 16.6. The lowest BCUT2D eigenvalue weighted by Gasteiger charge is -2.22. The van der Waals surface area contributed by atoms with Gasteiger partial charge in [0, 0.05) is 26.2 Å². The van der Waals surface area contributed by atoms with Crippen LogP contribution >= 0.6 is 0 Å². The summed E-state index contributed by atoms with van der Waals surface area (Å²) in [6.07, 6.45) is 2.14. The van der Waals surface area contributed by atoms with Crippen molar-refractivity contribution < 1.29 is 38.1 Å². The van der Waals surface area contributed by atoms with Crippen molar-refractivity contribution in [3.05, 3.63) is 47.5 Å². The quantitative estimate of drug-likeness (QED) is 0.138. The van der Waals surface area contributed by atoms with E-state index in [-0.39, 0.29) is 60.5 Å². The third-order valence-electron chi connectivity index (χ3n) is 8.05. The smallest absolute Gasteiger partial charge is 0.312 e. The van der Waals surface area contributed by atoms with E-state index in [2.05, 4.69) is 13.8 Å². The van der Waals surface area contributed by atoms with Crippen LogP contribution in [-0.4, -0.2) is 126 Å². The highest BCUT2D eigenvalue weighted by molar-refractivity contribution is 5.77. The second-order valence-electron chi connectivity index (χ2n) is 14.0. The lowest BCUT2D eigenvalue weighted by Crippen LogP contribution is -2.21. The van der Waals surface area contributed by atoms with Crippen LogP contribution in [0.1, 0.15) is 50.7 Å². The van der Waals surface area contributed by atoms with Crippen LogP contribution in [0.25, 0.3) is 0 Å². The molecule has 0 saturated heterocycles. The van der Waals surface area contributed by atoms with Crippen molar-refractivity contribution in [2.75, 3.05) is 82.6 Å². The molecule has 50 heavy (non-hydrogen) atoms. The van der Waals surface area contributed by atoms with Crippen LogP contribution in [0.4, 0.5) is 0 Å². The first-order chi connectivity index (χ1) is 23.5. The Hall–Kier alpha value is -3.84. The van der Waals surface area contributed by atoms with Gasteiger partial charge in [-0.2, -0.15) is 0 Å². The molecule has 0 saturated carbocycles. The summed E-state index contributed by atoms with van der Waals surface area (Å²) in [6, 6.07) is 10.7. The van der Waals surface area contributed by atoms with E-state index in [4.69, 9.17) is 18.9 Å². The first kappa shape index (κ1) is 42.3. The number of nitrogens with zero attached hydrogens (tertiary/aromatic N) is 4. The van der Waals surface area contributed by atoms with Gasteiger partial charge in [-0.3, -0.25) is 19.2 Å². The molecule has 278 valence electrons. The van der Waals surface area contributed by atoms with E-state index >= 15 is 0 Å². The van der Waals surface area contributed by atoms with E-state index in [1.54, 1.807) is 24.3 Å². The first-order valence-electron chi connectivity index (χ1n) is 17.2. The summed E-state index contributed by atoms with van der Waals surface area (Å²) in [5.41, 5.74) is 1.87. The first-order valence-corrected chi connectivity index (χ1v) is 17.2. The molecule has 2 rings (SSSR count). The molecule has 2 aromatic rings. The fourth-order valence-corrected chi connectivity index (χ4v) is 4.79. The van der Waals surface area contributed by atoms with E-state index in [0.717, 1.165) is 11.1 Å². The van der Waals surface area contributed by atoms with Gasteiger partial charge in [0.1, 0.15) is 0 Å². The highest BCUT2D eigenvalue weighted by Gasteiger charge is 2.21. The van der Waals surface area contributed by atoms with Crippen LogP contribution in [0.3, 0.4) is 0 Å². The van der Waals surface area contributed by atoms with E-state index in [1.807, 2.05) is 88.1 Å². The molecule has 0 spiro atoms. The van der Waals surface area contributed by atoms with E-state index in [0.29, 0.717) is 39.0 Å². The van der Waals surface area contributed by atoms with Crippen molar-refractivity contribution in [2.45, 2.75) is 52.4 Å². The number of benzene rings is 2. The fraction of sp³-hybridized carbons (Fsp3) is 0.579. The predicted octanol–water partition coefficient (Wildman–Crippen LogP) is 4.17. The topological polar surface area (TPSA) is 118 Å². The Morgan fingerprint density at radius 3 is 0.980 bits per heavy atom. The molecule has 0 aliphatic heterocycles. The number of carbonyl (C=O) groups is 4. The number of hydrogen-bond acceptors (Lipinski definition) is 12. The number of hydrogen-bond donors (Lipinski definition) is 0. The van der Waals surface area contributed by atoms with Gasteiger partial charge < -0.3 is 38.5 Å². The van der Waals surface area contributed by atoms with Crippen LogP contribution in [0.2, 0.25) is 0 Å². The maximum atomic E-state index is 12.7. The molecule has 0 bridgehead atoms. The van der Waals surface area contributed by atoms with Gasteiger partial charge in [-0.25, -0.2) is 0 Å². The molecule has 0 aliphatic rings. The van der Waals surface area contributed by atoms with Gasteiger partial charge in [0.25, 0.3) is 0 Å². The lowest BCUT2D eigenvalue weighted by atomic mass is 9.85. The summed E-state index contributed by atoms with van der Waals surface area (Å²) >= 11 is 0. The standard InChI is InChI=1S/C38H58N4O8/c1-27(23-29-11-13-31(47-35(43)15-19-39(3)4)33(25-29)49-37(45)17-21-41(7)8)28(2)24-30-12-14-32(48-36(44)16-20-40(5)6)34(26-30)50-38(46)18-22-42(9)10/h11-14,25-28H,15-24H2,1-10H3/t27-,28+. The summed E-state index contributed by atoms with van der Waals surface area (Å²) in [5.74, 6) is -0.376. The minimum atomic E-state index is -0.409. The third kappa shape index (κ3) is 16.7. The third-order valence-corrected chi connectivity index (χ3v) is 8.05. The Balaban J connectivity index is 2.22. The summed E-state index contributed by atoms with van der Waals surface area (Å²) in [6.45, 7) is 6.42. The normalized spacial score (nSPS) is 12.7. The Bertz CT molecular complexity index is 1300. The zero-order chi connectivity index (χ0) is 37.4. The second-order valence-corrected chi connectivity index (χ2v) is 14.0. The second kappa shape index (κ2) is 21.4. The Labute approximate surface area is 298 Å². The molecule has 0 amide bonds. The maximum Gasteiger partial charge on any atom is 0.312 e. The molecule has 12 heteroatoms. The average Bonchev–Trinajstić information content (AvgIpc) is 3.03. The van der Waals surface area contributed by atoms with Crippen molar-refractivity contribution in [1.29, 1.82) is 0 Å². The SMILES string of the molecule is C[C@H](Cc1ccc(OC(=O)CCN(C)C)c(OC(=O)CCN(C)C)c1)[C@@H](C)Cc1ccc(OC(=O)CCN(C)C)c(OC(=O)CCN(C)C)c1. The molecular weight excluding hydrogens is 640 g/mol. The lowest BCUT2D eigenvalue weighted by molar-refractivity contribution is -0.137. The van der Waals surface area contributed by atoms with Crippen LogP contribution in [0.15, 0.2) is 36.4 Å². The molecule has 12 nitrogen and oxygen atoms in total. The van der Waals surface area contributed by atoms with E-state index in [9.17, 15) is 19.2 Å². The number of ether oxygens (including phenoxy) is 4. The summed E-state index contributed by atoms with van der Waals surface area (Å²) in [5, 5.41) is 0. The molecule has 0 N–H and O–H groups in total. The summed E-state index contributed by atoms with van der Waals surface area (Å²) in [7, 11) is 15.0. The average molecular weight is 699 g/mol. The van der Waals surface area contributed by atoms with Crippen LogP contribution in [0, 0.1) is 11.8 Å². The Kier molecular flexibility index (Phi) is 18.1. The maximum absolute atomic E-state index is 12.7. The molecule has 2 atom stereocenters. The van der Waals surface area contributed by atoms with Gasteiger partial charge in [-0.1, -0.05) is 26.0 Å². The molecule has 0 fully saturated rings. The molecule has 0 aromatic heterocycles. The van der Waals surface area contributed by atoms with Crippen LogP contribution in [0.5, 0.6) is 23.0 Å². The van der Waals surface area contributed by atoms with Gasteiger partial charge >= 0.3 is 23.9 Å². The highest BCUT2D eigenvalue weighted by Crippen LogP contribution is 2.33. The van der Waals surface area contributed by atoms with Gasteiger partial charge in [0.05, 0.1) is 25.7 Å². The minimum Gasteiger partial charge on any atom is -0.422 e. The number of rotatable bonds is 21. The van der Waals surface area contributed by atoms with Crippen molar-refractivity contribution in [3.8, 4) is 23.0 Å². The van der Waals surface area contributed by atoms with Gasteiger partial charge in [-0.05, 0) is 116 Å². The van der Waals surface area contributed by atoms with Gasteiger partial charge in [0.2, 0.25) is 0 Å². The predicted molar refractivity (Wildman–Crippen MR) is 194 cm³/mol. The van der Waals surface area contributed by atoms with Crippen molar-refractivity contribution >= 4 is 23.9 Å². The Morgan fingerprint density at radius 1 is 0.460 bits per heavy atom. The molecule has 0 unspecified atom stereocenters. The molecule has 0 aliphatic carbocycles. The number of carbonyl (C=O) groups excluding carboxylic acids is 4. The zero-order valence-electron chi connectivity index (χ0n) is 31.7. The van der Waals surface area contributed by atoms with E-state index < -0.39 is 23.9 Å². The zero-order valence-corrected chi connectivity index (χ0v) is 31.7. The molecular formula is C38H58N4O8. The van der Waals surface area contributed by atoms with Crippen molar-refractivity contribution in [2.24, 2.45) is 11.8 Å². The van der Waals surface area contributed by atoms with Crippen LogP contribution < -0.4 is 18.9 Å². The molecule has 0 radical (unpaired) electrons. The largest absolute Gasteiger partial charge is 0.422 e. The number of esters is 4.